The van der Waals surface area contributed by atoms with Crippen LogP contribution in [-0.4, -0.2) is 21.1 Å². The van der Waals surface area contributed by atoms with E-state index in [1.165, 1.54) is 0 Å². The van der Waals surface area contributed by atoms with Crippen molar-refractivity contribution in [2.45, 2.75) is 44.7 Å². The van der Waals surface area contributed by atoms with Gasteiger partial charge < -0.3 is 11.5 Å². The molecule has 0 saturated carbocycles. The average molecular weight is 339 g/mol. The standard InChI is InChI=1S/C13H20F3N3O2S/c1-4-8-10(17)7(3)11(18)9(5-2)12(8)22(20,21)19-6-13(14,15)16/h19H,4-6,17-18H2,1-3H3. The van der Waals surface area contributed by atoms with Crippen molar-refractivity contribution in [1.82, 2.24) is 4.72 Å². The molecule has 0 aliphatic heterocycles. The second-order valence-electron chi connectivity index (χ2n) is 4.89. The lowest BCUT2D eigenvalue weighted by Gasteiger charge is -2.21. The second-order valence-corrected chi connectivity index (χ2v) is 6.59. The highest BCUT2D eigenvalue weighted by Crippen LogP contribution is 2.35. The van der Waals surface area contributed by atoms with Gasteiger partial charge in [0, 0.05) is 11.4 Å². The molecule has 0 amide bonds. The van der Waals surface area contributed by atoms with E-state index in [1.54, 1.807) is 25.5 Å². The average Bonchev–Trinajstić information content (AvgIpc) is 2.42. The highest BCUT2D eigenvalue weighted by Gasteiger charge is 2.33. The molecule has 1 aromatic rings. The van der Waals surface area contributed by atoms with E-state index >= 15 is 0 Å². The van der Waals surface area contributed by atoms with Crippen LogP contribution in [0.1, 0.15) is 30.5 Å². The molecule has 9 heteroatoms. The first-order valence-corrected chi connectivity index (χ1v) is 8.20. The highest BCUT2D eigenvalue weighted by atomic mass is 32.2. The lowest BCUT2D eigenvalue weighted by Crippen LogP contribution is -2.35. The van der Waals surface area contributed by atoms with Crippen molar-refractivity contribution in [2.24, 2.45) is 0 Å². The number of nitrogens with two attached hydrogens (primary N) is 2. The number of alkyl halides is 3. The Labute approximate surface area is 127 Å². The number of rotatable bonds is 5. The van der Waals surface area contributed by atoms with E-state index in [2.05, 4.69) is 0 Å². The highest BCUT2D eigenvalue weighted by molar-refractivity contribution is 7.89. The molecule has 5 nitrogen and oxygen atoms in total. The van der Waals surface area contributed by atoms with E-state index in [0.29, 0.717) is 16.7 Å². The van der Waals surface area contributed by atoms with Gasteiger partial charge in [-0.2, -0.15) is 13.2 Å². The van der Waals surface area contributed by atoms with Crippen LogP contribution in [-0.2, 0) is 22.9 Å². The van der Waals surface area contributed by atoms with Gasteiger partial charge in [-0.05, 0) is 36.5 Å². The summed E-state index contributed by atoms with van der Waals surface area (Å²) >= 11 is 0. The maximum Gasteiger partial charge on any atom is 0.402 e. The Kier molecular flexibility index (Phi) is 5.34. The Morgan fingerprint density at radius 1 is 1.05 bits per heavy atom. The molecule has 22 heavy (non-hydrogen) atoms. The smallest absolute Gasteiger partial charge is 0.398 e. The number of sulfonamides is 1. The van der Waals surface area contributed by atoms with Crippen molar-refractivity contribution in [1.29, 1.82) is 0 Å². The Morgan fingerprint density at radius 3 is 1.77 bits per heavy atom. The van der Waals surface area contributed by atoms with Crippen LogP contribution < -0.4 is 16.2 Å². The van der Waals surface area contributed by atoms with E-state index in [1.807, 2.05) is 0 Å². The fourth-order valence-corrected chi connectivity index (χ4v) is 3.96. The predicted octanol–water partition coefficient (Wildman–Crippen LogP) is 2.12. The summed E-state index contributed by atoms with van der Waals surface area (Å²) in [7, 11) is -4.37. The number of nitrogen functional groups attached to an aromatic ring is 2. The summed E-state index contributed by atoms with van der Waals surface area (Å²) < 4.78 is 63.2. The van der Waals surface area contributed by atoms with E-state index < -0.39 is 22.7 Å². The predicted molar refractivity (Wildman–Crippen MR) is 80.0 cm³/mol. The molecule has 126 valence electrons. The van der Waals surface area contributed by atoms with Crippen molar-refractivity contribution in [2.75, 3.05) is 18.0 Å². The van der Waals surface area contributed by atoms with Gasteiger partial charge in [0.1, 0.15) is 6.54 Å². The number of nitrogens with one attached hydrogen (secondary N) is 1. The number of anilines is 2. The fraction of sp³-hybridized carbons (Fsp3) is 0.538. The topological polar surface area (TPSA) is 98.2 Å². The zero-order valence-electron chi connectivity index (χ0n) is 12.6. The van der Waals surface area contributed by atoms with Gasteiger partial charge in [0.2, 0.25) is 10.0 Å². The monoisotopic (exact) mass is 339 g/mol. The van der Waals surface area contributed by atoms with Crippen LogP contribution >= 0.6 is 0 Å². The largest absolute Gasteiger partial charge is 0.402 e. The summed E-state index contributed by atoms with van der Waals surface area (Å²) in [4.78, 5) is -0.234. The maximum absolute atomic E-state index is 12.3. The minimum absolute atomic E-state index is 0.199. The summed E-state index contributed by atoms with van der Waals surface area (Å²) in [5.41, 5.74) is 13.3. The molecule has 0 saturated heterocycles. The Bertz CT molecular complexity index is 639. The third-order valence-electron chi connectivity index (χ3n) is 3.44. The summed E-state index contributed by atoms with van der Waals surface area (Å²) in [6, 6.07) is 0. The number of halogens is 3. The Hall–Kier alpha value is -1.48. The summed E-state index contributed by atoms with van der Waals surface area (Å²) in [5, 5.41) is 0. The minimum atomic E-state index is -4.65. The van der Waals surface area contributed by atoms with Crippen molar-refractivity contribution >= 4 is 21.4 Å². The first-order valence-electron chi connectivity index (χ1n) is 6.71. The van der Waals surface area contributed by atoms with Crippen LogP contribution in [0.4, 0.5) is 24.5 Å². The van der Waals surface area contributed by atoms with Crippen LogP contribution in [0.15, 0.2) is 4.90 Å². The lowest BCUT2D eigenvalue weighted by molar-refractivity contribution is -0.121. The second kappa shape index (κ2) is 6.33. The normalized spacial score (nSPS) is 12.6. The van der Waals surface area contributed by atoms with E-state index in [4.69, 9.17) is 11.5 Å². The van der Waals surface area contributed by atoms with Crippen LogP contribution in [0.2, 0.25) is 0 Å². The minimum Gasteiger partial charge on any atom is -0.398 e. The molecule has 0 aromatic heterocycles. The first-order chi connectivity index (χ1) is 9.96. The van der Waals surface area contributed by atoms with Crippen molar-refractivity contribution in [3.05, 3.63) is 16.7 Å². The molecule has 0 fully saturated rings. The number of benzene rings is 1. The molecule has 0 unspecified atom stereocenters. The molecule has 0 spiro atoms. The van der Waals surface area contributed by atoms with Gasteiger partial charge in [-0.1, -0.05) is 13.8 Å². The van der Waals surface area contributed by atoms with Gasteiger partial charge in [0.25, 0.3) is 0 Å². The Morgan fingerprint density at radius 2 is 1.45 bits per heavy atom. The SMILES string of the molecule is CCc1c(N)c(C)c(N)c(CC)c1S(=O)(=O)NCC(F)(F)F. The molecule has 0 aliphatic carbocycles. The zero-order chi connectivity index (χ0) is 17.3. The lowest BCUT2D eigenvalue weighted by atomic mass is 9.98. The molecule has 0 atom stereocenters. The van der Waals surface area contributed by atoms with Crippen LogP contribution in [0.3, 0.4) is 0 Å². The van der Waals surface area contributed by atoms with Gasteiger partial charge in [-0.15, -0.1) is 0 Å². The van der Waals surface area contributed by atoms with Crippen LogP contribution in [0.5, 0.6) is 0 Å². The van der Waals surface area contributed by atoms with Crippen molar-refractivity contribution in [3.63, 3.8) is 0 Å². The zero-order valence-corrected chi connectivity index (χ0v) is 13.5. The fourth-order valence-electron chi connectivity index (χ4n) is 2.30. The maximum atomic E-state index is 12.3. The Balaban J connectivity index is 3.57. The number of hydrogen-bond donors (Lipinski definition) is 3. The molecule has 0 bridgehead atoms. The number of hydrogen-bond acceptors (Lipinski definition) is 4. The summed E-state index contributed by atoms with van der Waals surface area (Å²) in [6.07, 6.45) is -4.11. The molecule has 1 rings (SSSR count). The van der Waals surface area contributed by atoms with E-state index in [9.17, 15) is 21.6 Å². The molecule has 0 radical (unpaired) electrons. The quantitative estimate of drug-likeness (QED) is 0.716. The molecule has 1 aromatic carbocycles. The third-order valence-corrected chi connectivity index (χ3v) is 5.00. The molecule has 0 heterocycles. The van der Waals surface area contributed by atoms with Gasteiger partial charge in [0.15, 0.2) is 0 Å². The van der Waals surface area contributed by atoms with E-state index in [0.717, 1.165) is 0 Å². The van der Waals surface area contributed by atoms with Gasteiger partial charge in [0.05, 0.1) is 4.90 Å². The third kappa shape index (κ3) is 3.64. The van der Waals surface area contributed by atoms with Gasteiger partial charge in [-0.25, -0.2) is 13.1 Å². The van der Waals surface area contributed by atoms with Crippen molar-refractivity contribution in [3.8, 4) is 0 Å². The van der Waals surface area contributed by atoms with Crippen LogP contribution in [0.25, 0.3) is 0 Å². The van der Waals surface area contributed by atoms with Crippen molar-refractivity contribution < 1.29 is 21.6 Å². The van der Waals surface area contributed by atoms with E-state index in [-0.39, 0.29) is 29.1 Å². The molecular formula is C13H20F3N3O2S. The summed E-state index contributed by atoms with van der Waals surface area (Å²) in [6.45, 7) is 3.38. The summed E-state index contributed by atoms with van der Waals surface area (Å²) in [5.74, 6) is 0. The molecular weight excluding hydrogens is 319 g/mol. The van der Waals surface area contributed by atoms with Gasteiger partial charge in [-0.3, -0.25) is 0 Å². The first kappa shape index (κ1) is 18.6. The molecule has 5 N–H and O–H groups in total. The van der Waals surface area contributed by atoms with Crippen LogP contribution in [0, 0.1) is 6.92 Å². The molecule has 0 aliphatic rings. The van der Waals surface area contributed by atoms with Gasteiger partial charge >= 0.3 is 6.18 Å².